The van der Waals surface area contributed by atoms with Gasteiger partial charge >= 0.3 is 0 Å². The van der Waals surface area contributed by atoms with Gasteiger partial charge in [-0.1, -0.05) is 0 Å². The van der Waals surface area contributed by atoms with Gasteiger partial charge in [-0.05, 0) is 20.8 Å². The number of carbonyl (C=O) groups is 2. The summed E-state index contributed by atoms with van der Waals surface area (Å²) in [7, 11) is 0. The van der Waals surface area contributed by atoms with Crippen LogP contribution in [-0.4, -0.2) is 57.3 Å². The predicted octanol–water partition coefficient (Wildman–Crippen LogP) is 2.20. The maximum absolute atomic E-state index is 12.5. The number of hydrogen-bond acceptors (Lipinski definition) is 6. The number of aryl methyl sites for hydroxylation is 2. The third kappa shape index (κ3) is 3.28. The van der Waals surface area contributed by atoms with Crippen LogP contribution < -0.4 is 0 Å². The van der Waals surface area contributed by atoms with E-state index >= 15 is 0 Å². The van der Waals surface area contributed by atoms with Crippen LogP contribution in [0, 0.1) is 13.8 Å². The number of carbonyl (C=O) groups excluding carboxylic acids is 2. The van der Waals surface area contributed by atoms with Crippen molar-refractivity contribution in [3.8, 4) is 0 Å². The number of rotatable bonds is 2. The molecule has 0 saturated carbocycles. The Balaban J connectivity index is 1.67. The van der Waals surface area contributed by atoms with Gasteiger partial charge in [-0.2, -0.15) is 0 Å². The van der Waals surface area contributed by atoms with E-state index < -0.39 is 0 Å². The molecule has 0 N–H and O–H groups in total. The summed E-state index contributed by atoms with van der Waals surface area (Å²) in [6.45, 7) is 7.29. The summed E-state index contributed by atoms with van der Waals surface area (Å²) < 4.78 is 0. The van der Waals surface area contributed by atoms with Gasteiger partial charge in [0.25, 0.3) is 11.8 Å². The molecule has 122 valence electrons. The second kappa shape index (κ2) is 6.37. The average Bonchev–Trinajstić information content (AvgIpc) is 3.14. The first-order chi connectivity index (χ1) is 11.0. The molecule has 1 saturated heterocycles. The summed E-state index contributed by atoms with van der Waals surface area (Å²) >= 11 is 2.95. The first-order valence-corrected chi connectivity index (χ1v) is 9.16. The molecule has 0 spiro atoms. The second-order valence-electron chi connectivity index (χ2n) is 5.60. The number of nitrogens with zero attached hydrogens (tertiary/aromatic N) is 4. The van der Waals surface area contributed by atoms with Crippen LogP contribution in [0.15, 0.2) is 10.8 Å². The van der Waals surface area contributed by atoms with Gasteiger partial charge in [0.2, 0.25) is 0 Å². The van der Waals surface area contributed by atoms with E-state index in [9.17, 15) is 9.59 Å². The Hall–Kier alpha value is -1.80. The van der Waals surface area contributed by atoms with Crippen molar-refractivity contribution in [2.75, 3.05) is 19.6 Å². The van der Waals surface area contributed by atoms with Crippen LogP contribution in [0.3, 0.4) is 0 Å². The Labute approximate surface area is 142 Å². The maximum Gasteiger partial charge on any atom is 0.273 e. The molecule has 2 aromatic rings. The monoisotopic (exact) mass is 350 g/mol. The molecule has 0 radical (unpaired) electrons. The quantitative estimate of drug-likeness (QED) is 0.833. The van der Waals surface area contributed by atoms with E-state index in [0.29, 0.717) is 31.0 Å². The number of aromatic nitrogens is 2. The van der Waals surface area contributed by atoms with Crippen molar-refractivity contribution in [1.29, 1.82) is 0 Å². The molecule has 3 heterocycles. The Kier molecular flexibility index (Phi) is 4.45. The van der Waals surface area contributed by atoms with Crippen molar-refractivity contribution < 1.29 is 9.59 Å². The van der Waals surface area contributed by atoms with E-state index in [2.05, 4.69) is 9.97 Å². The molecule has 0 bridgehead atoms. The molecule has 2 amide bonds. The van der Waals surface area contributed by atoms with Gasteiger partial charge in [0.15, 0.2) is 0 Å². The normalized spacial score (nSPS) is 18.3. The van der Waals surface area contributed by atoms with Gasteiger partial charge in [-0.25, -0.2) is 9.97 Å². The van der Waals surface area contributed by atoms with E-state index in [-0.39, 0.29) is 17.9 Å². The van der Waals surface area contributed by atoms with Crippen molar-refractivity contribution in [1.82, 2.24) is 19.8 Å². The minimum Gasteiger partial charge on any atom is -0.333 e. The number of amides is 2. The highest BCUT2D eigenvalue weighted by atomic mass is 32.1. The molecule has 1 fully saturated rings. The molecule has 0 aliphatic carbocycles. The Morgan fingerprint density at radius 1 is 1.04 bits per heavy atom. The summed E-state index contributed by atoms with van der Waals surface area (Å²) in [4.78, 5) is 37.1. The van der Waals surface area contributed by atoms with Gasteiger partial charge in [0, 0.05) is 36.4 Å². The van der Waals surface area contributed by atoms with E-state index in [1.54, 1.807) is 20.6 Å². The Bertz CT molecular complexity index is 739. The van der Waals surface area contributed by atoms with Crippen LogP contribution in [0.25, 0.3) is 0 Å². The van der Waals surface area contributed by atoms with Gasteiger partial charge < -0.3 is 9.80 Å². The van der Waals surface area contributed by atoms with E-state index in [1.807, 2.05) is 20.8 Å². The third-order valence-corrected chi connectivity index (χ3v) is 5.40. The minimum atomic E-state index is -0.0576. The highest BCUT2D eigenvalue weighted by Crippen LogP contribution is 2.18. The van der Waals surface area contributed by atoms with Gasteiger partial charge in [0.05, 0.1) is 10.0 Å². The van der Waals surface area contributed by atoms with Crippen molar-refractivity contribution in [3.05, 3.63) is 32.2 Å². The zero-order chi connectivity index (χ0) is 16.6. The predicted molar refractivity (Wildman–Crippen MR) is 90.1 cm³/mol. The third-order valence-electron chi connectivity index (χ3n) is 3.85. The highest BCUT2D eigenvalue weighted by Gasteiger charge is 2.32. The van der Waals surface area contributed by atoms with Crippen LogP contribution in [0.1, 0.15) is 37.9 Å². The summed E-state index contributed by atoms with van der Waals surface area (Å²) in [6.07, 6.45) is 0. The maximum atomic E-state index is 12.5. The summed E-state index contributed by atoms with van der Waals surface area (Å²) in [5.41, 5.74) is 0.990. The lowest BCUT2D eigenvalue weighted by Crippen LogP contribution is -2.55. The standard InChI is InChI=1S/C15H18N4O2S2/c1-9-6-18(14(20)12-7-22-10(2)16-12)4-5-19(9)15(21)13-8-23-11(3)17-13/h7-9H,4-6H2,1-3H3/t9-/m0/s1. The summed E-state index contributed by atoms with van der Waals surface area (Å²) in [5, 5.41) is 5.35. The molecule has 1 aliphatic heterocycles. The molecule has 23 heavy (non-hydrogen) atoms. The van der Waals surface area contributed by atoms with E-state index in [4.69, 9.17) is 0 Å². The lowest BCUT2D eigenvalue weighted by molar-refractivity contribution is 0.0409. The summed E-state index contributed by atoms with van der Waals surface area (Å²) in [5.74, 6) is -0.115. The van der Waals surface area contributed by atoms with Crippen molar-refractivity contribution >= 4 is 34.5 Å². The lowest BCUT2D eigenvalue weighted by Gasteiger charge is -2.39. The van der Waals surface area contributed by atoms with Crippen molar-refractivity contribution in [2.45, 2.75) is 26.8 Å². The molecule has 0 unspecified atom stereocenters. The van der Waals surface area contributed by atoms with Crippen LogP contribution in [0.2, 0.25) is 0 Å². The average molecular weight is 350 g/mol. The van der Waals surface area contributed by atoms with E-state index in [1.165, 1.54) is 22.7 Å². The fraction of sp³-hybridized carbons (Fsp3) is 0.467. The first-order valence-electron chi connectivity index (χ1n) is 7.40. The zero-order valence-corrected chi connectivity index (χ0v) is 14.9. The van der Waals surface area contributed by atoms with Crippen LogP contribution >= 0.6 is 22.7 Å². The molecular formula is C15H18N4O2S2. The van der Waals surface area contributed by atoms with E-state index in [0.717, 1.165) is 10.0 Å². The zero-order valence-electron chi connectivity index (χ0n) is 13.3. The smallest absolute Gasteiger partial charge is 0.273 e. The van der Waals surface area contributed by atoms with Crippen LogP contribution in [0.4, 0.5) is 0 Å². The van der Waals surface area contributed by atoms with Crippen molar-refractivity contribution in [2.24, 2.45) is 0 Å². The molecule has 2 aromatic heterocycles. The molecule has 3 rings (SSSR count). The number of piperazine rings is 1. The number of thiazole rings is 2. The largest absolute Gasteiger partial charge is 0.333 e. The Morgan fingerprint density at radius 2 is 1.61 bits per heavy atom. The number of hydrogen-bond donors (Lipinski definition) is 0. The fourth-order valence-electron chi connectivity index (χ4n) is 2.68. The summed E-state index contributed by atoms with van der Waals surface area (Å²) in [6, 6.07) is -0.0399. The van der Waals surface area contributed by atoms with Crippen LogP contribution in [0.5, 0.6) is 0 Å². The molecule has 1 atom stereocenters. The SMILES string of the molecule is Cc1nc(C(=O)N2CCN(C(=O)c3csc(C)n3)[C@@H](C)C2)cs1. The first kappa shape index (κ1) is 16.1. The minimum absolute atomic E-state index is 0.0399. The molecule has 1 aliphatic rings. The molecule has 0 aromatic carbocycles. The highest BCUT2D eigenvalue weighted by molar-refractivity contribution is 7.10. The van der Waals surface area contributed by atoms with Crippen LogP contribution in [-0.2, 0) is 0 Å². The topological polar surface area (TPSA) is 66.4 Å². The second-order valence-corrected chi connectivity index (χ2v) is 7.73. The van der Waals surface area contributed by atoms with Gasteiger partial charge in [-0.3, -0.25) is 9.59 Å². The fourth-order valence-corrected chi connectivity index (χ4v) is 3.85. The lowest BCUT2D eigenvalue weighted by atomic mass is 10.1. The van der Waals surface area contributed by atoms with Gasteiger partial charge in [0.1, 0.15) is 11.4 Å². The van der Waals surface area contributed by atoms with Gasteiger partial charge in [-0.15, -0.1) is 22.7 Å². The molecular weight excluding hydrogens is 332 g/mol. The Morgan fingerprint density at radius 3 is 2.09 bits per heavy atom. The van der Waals surface area contributed by atoms with Crippen molar-refractivity contribution in [3.63, 3.8) is 0 Å². The molecule has 6 nitrogen and oxygen atoms in total. The molecule has 8 heteroatoms.